The van der Waals surface area contributed by atoms with Gasteiger partial charge in [-0.3, -0.25) is 0 Å². The first kappa shape index (κ1) is 13.2. The van der Waals surface area contributed by atoms with Gasteiger partial charge in [0.1, 0.15) is 0 Å². The molecule has 106 valence electrons. The lowest BCUT2D eigenvalue weighted by molar-refractivity contribution is 0.241. The second kappa shape index (κ2) is 5.28. The van der Waals surface area contributed by atoms with E-state index >= 15 is 0 Å². The topological polar surface area (TPSA) is 76.7 Å². The Morgan fingerprint density at radius 1 is 1.30 bits per heavy atom. The molecule has 3 rings (SSSR count). The number of hydrogen-bond acceptors (Lipinski definition) is 6. The van der Waals surface area contributed by atoms with Gasteiger partial charge < -0.3 is 9.84 Å². The van der Waals surface area contributed by atoms with Gasteiger partial charge in [0, 0.05) is 12.4 Å². The molecule has 1 atom stereocenters. The molecule has 6 heteroatoms. The van der Waals surface area contributed by atoms with Crippen LogP contribution in [-0.4, -0.2) is 26.7 Å². The zero-order chi connectivity index (χ0) is 14.0. The van der Waals surface area contributed by atoms with Crippen molar-refractivity contribution in [3.63, 3.8) is 0 Å². The minimum absolute atomic E-state index is 0.162. The van der Waals surface area contributed by atoms with Crippen LogP contribution in [0.1, 0.15) is 44.1 Å². The molecule has 1 unspecified atom stereocenters. The molecule has 0 aliphatic carbocycles. The largest absolute Gasteiger partial charge is 0.337 e. The van der Waals surface area contributed by atoms with Gasteiger partial charge in [0.15, 0.2) is 0 Å². The highest BCUT2D eigenvalue weighted by atomic mass is 16.5. The van der Waals surface area contributed by atoms with Crippen LogP contribution < -0.4 is 5.32 Å². The Kier molecular flexibility index (Phi) is 3.48. The van der Waals surface area contributed by atoms with Gasteiger partial charge in [-0.1, -0.05) is 18.5 Å². The van der Waals surface area contributed by atoms with Gasteiger partial charge in [-0.2, -0.15) is 4.98 Å². The van der Waals surface area contributed by atoms with Crippen molar-refractivity contribution in [3.8, 4) is 11.6 Å². The third-order valence-corrected chi connectivity index (χ3v) is 3.74. The van der Waals surface area contributed by atoms with E-state index in [9.17, 15) is 0 Å². The maximum atomic E-state index is 5.49. The van der Waals surface area contributed by atoms with Gasteiger partial charge in [0.05, 0.1) is 5.54 Å². The molecule has 0 saturated carbocycles. The van der Waals surface area contributed by atoms with Crippen LogP contribution in [0.15, 0.2) is 16.9 Å². The van der Waals surface area contributed by atoms with Crippen molar-refractivity contribution in [3.05, 3.63) is 23.8 Å². The Hall–Kier alpha value is -1.82. The van der Waals surface area contributed by atoms with Crippen LogP contribution in [0.5, 0.6) is 0 Å². The van der Waals surface area contributed by atoms with Crippen LogP contribution in [0.2, 0.25) is 0 Å². The van der Waals surface area contributed by atoms with E-state index < -0.39 is 0 Å². The van der Waals surface area contributed by atoms with E-state index in [1.807, 2.05) is 6.92 Å². The molecule has 3 heterocycles. The van der Waals surface area contributed by atoms with Crippen molar-refractivity contribution in [2.24, 2.45) is 0 Å². The summed E-state index contributed by atoms with van der Waals surface area (Å²) in [5.41, 5.74) is 0.849. The molecule has 0 bridgehead atoms. The molecule has 1 aliphatic heterocycles. The standard InChI is InChI=1S/C14H19N5O/c1-3-5-14(6-4-7-17-14)13-18-12(19-20-13)11-15-8-10(2)9-16-11/h8-9,17H,3-7H2,1-2H3. The first-order valence-corrected chi connectivity index (χ1v) is 7.12. The second-order valence-electron chi connectivity index (χ2n) is 5.37. The molecule has 6 nitrogen and oxygen atoms in total. The fourth-order valence-corrected chi connectivity index (χ4v) is 2.75. The summed E-state index contributed by atoms with van der Waals surface area (Å²) in [6.45, 7) is 5.12. The van der Waals surface area contributed by atoms with Crippen LogP contribution in [0.4, 0.5) is 0 Å². The van der Waals surface area contributed by atoms with E-state index in [0.717, 1.165) is 37.8 Å². The van der Waals surface area contributed by atoms with Gasteiger partial charge in [0.2, 0.25) is 17.5 Å². The number of aromatic nitrogens is 4. The Balaban J connectivity index is 1.91. The Labute approximate surface area is 118 Å². The molecule has 0 spiro atoms. The van der Waals surface area contributed by atoms with E-state index in [4.69, 9.17) is 4.52 Å². The van der Waals surface area contributed by atoms with E-state index in [2.05, 4.69) is 32.3 Å². The van der Waals surface area contributed by atoms with E-state index in [0.29, 0.717) is 17.5 Å². The maximum absolute atomic E-state index is 5.49. The summed E-state index contributed by atoms with van der Waals surface area (Å²) in [5.74, 6) is 1.63. The van der Waals surface area contributed by atoms with Gasteiger partial charge in [-0.25, -0.2) is 9.97 Å². The Bertz CT molecular complexity index is 572. The van der Waals surface area contributed by atoms with Gasteiger partial charge in [-0.15, -0.1) is 0 Å². The van der Waals surface area contributed by atoms with Gasteiger partial charge in [0.25, 0.3) is 0 Å². The van der Waals surface area contributed by atoms with Crippen LogP contribution in [0.25, 0.3) is 11.6 Å². The Morgan fingerprint density at radius 3 is 2.75 bits per heavy atom. The van der Waals surface area contributed by atoms with Crippen molar-refractivity contribution in [2.75, 3.05) is 6.54 Å². The minimum atomic E-state index is -0.162. The van der Waals surface area contributed by atoms with Crippen LogP contribution in [0, 0.1) is 6.92 Å². The third kappa shape index (κ3) is 2.31. The van der Waals surface area contributed by atoms with Crippen LogP contribution in [0.3, 0.4) is 0 Å². The summed E-state index contributed by atoms with van der Waals surface area (Å²) in [6.07, 6.45) is 7.77. The highest BCUT2D eigenvalue weighted by molar-refractivity contribution is 5.41. The zero-order valence-electron chi connectivity index (χ0n) is 11.9. The van der Waals surface area contributed by atoms with E-state index in [-0.39, 0.29) is 5.54 Å². The maximum Gasteiger partial charge on any atom is 0.247 e. The molecule has 1 aliphatic rings. The molecule has 1 N–H and O–H groups in total. The molecule has 0 radical (unpaired) electrons. The molecule has 20 heavy (non-hydrogen) atoms. The lowest BCUT2D eigenvalue weighted by atomic mass is 9.92. The highest BCUT2D eigenvalue weighted by Gasteiger charge is 2.39. The monoisotopic (exact) mass is 273 g/mol. The molecule has 1 fully saturated rings. The van der Waals surface area contributed by atoms with Crippen molar-refractivity contribution < 1.29 is 4.52 Å². The number of nitrogens with zero attached hydrogens (tertiary/aromatic N) is 4. The molecule has 0 amide bonds. The first-order chi connectivity index (χ1) is 9.73. The summed E-state index contributed by atoms with van der Waals surface area (Å²) >= 11 is 0. The fraction of sp³-hybridized carbons (Fsp3) is 0.571. The molecule has 2 aromatic heterocycles. The van der Waals surface area contributed by atoms with Gasteiger partial charge in [-0.05, 0) is 38.3 Å². The minimum Gasteiger partial charge on any atom is -0.337 e. The summed E-state index contributed by atoms with van der Waals surface area (Å²) < 4.78 is 5.49. The third-order valence-electron chi connectivity index (χ3n) is 3.74. The lowest BCUT2D eigenvalue weighted by Crippen LogP contribution is -2.37. The van der Waals surface area contributed by atoms with Crippen molar-refractivity contribution in [1.29, 1.82) is 0 Å². The van der Waals surface area contributed by atoms with Crippen molar-refractivity contribution in [2.45, 2.75) is 45.1 Å². The second-order valence-corrected chi connectivity index (χ2v) is 5.37. The SMILES string of the molecule is CCCC1(c2nc(-c3ncc(C)cn3)no2)CCCN1. The Morgan fingerprint density at radius 2 is 2.10 bits per heavy atom. The zero-order valence-corrected chi connectivity index (χ0v) is 11.9. The van der Waals surface area contributed by atoms with Crippen LogP contribution >= 0.6 is 0 Å². The summed E-state index contributed by atoms with van der Waals surface area (Å²) in [7, 11) is 0. The fourth-order valence-electron chi connectivity index (χ4n) is 2.75. The average molecular weight is 273 g/mol. The number of hydrogen-bond donors (Lipinski definition) is 1. The normalized spacial score (nSPS) is 22.3. The smallest absolute Gasteiger partial charge is 0.247 e. The van der Waals surface area contributed by atoms with Gasteiger partial charge >= 0.3 is 0 Å². The first-order valence-electron chi connectivity index (χ1n) is 7.12. The molecule has 0 aromatic carbocycles. The van der Waals surface area contributed by atoms with E-state index in [1.165, 1.54) is 0 Å². The predicted octanol–water partition coefficient (Wildman–Crippen LogP) is 2.21. The molecule has 1 saturated heterocycles. The number of nitrogens with one attached hydrogen (secondary N) is 1. The summed E-state index contributed by atoms with van der Waals surface area (Å²) in [4.78, 5) is 13.0. The summed E-state index contributed by atoms with van der Waals surface area (Å²) in [6, 6.07) is 0. The summed E-state index contributed by atoms with van der Waals surface area (Å²) in [5, 5.41) is 7.56. The lowest BCUT2D eigenvalue weighted by Gasteiger charge is -2.24. The molecular formula is C14H19N5O. The van der Waals surface area contributed by atoms with Crippen molar-refractivity contribution >= 4 is 0 Å². The molecule has 2 aromatic rings. The predicted molar refractivity (Wildman–Crippen MR) is 73.9 cm³/mol. The van der Waals surface area contributed by atoms with Crippen LogP contribution in [-0.2, 0) is 5.54 Å². The van der Waals surface area contributed by atoms with E-state index in [1.54, 1.807) is 12.4 Å². The number of rotatable bonds is 4. The average Bonchev–Trinajstić information content (AvgIpc) is 3.09. The number of aryl methyl sites for hydroxylation is 1. The highest BCUT2D eigenvalue weighted by Crippen LogP contribution is 2.34. The van der Waals surface area contributed by atoms with Crippen molar-refractivity contribution in [1.82, 2.24) is 25.4 Å². The quantitative estimate of drug-likeness (QED) is 0.920. The molecular weight excluding hydrogens is 254 g/mol.